The molecule has 166 valence electrons. The van der Waals surface area contributed by atoms with Gasteiger partial charge >= 0.3 is 0 Å². The average molecular weight is 539 g/mol. The van der Waals surface area contributed by atoms with E-state index in [9.17, 15) is 13.5 Å². The van der Waals surface area contributed by atoms with Crippen LogP contribution in [0.5, 0.6) is 5.75 Å². The van der Waals surface area contributed by atoms with E-state index < -0.39 is 10.0 Å². The highest BCUT2D eigenvalue weighted by Gasteiger charge is 2.21. The Morgan fingerprint density at radius 3 is 2.41 bits per heavy atom. The van der Waals surface area contributed by atoms with Gasteiger partial charge in [0.25, 0.3) is 0 Å². The fraction of sp³-hybridized carbons (Fsp3) is 0.632. The Morgan fingerprint density at radius 1 is 1.21 bits per heavy atom. The van der Waals surface area contributed by atoms with Gasteiger partial charge < -0.3 is 20.2 Å². The second-order valence-electron chi connectivity index (χ2n) is 6.81. The number of aliphatic imine (C=N–C) groups is 1. The van der Waals surface area contributed by atoms with Crippen molar-refractivity contribution in [1.82, 2.24) is 14.5 Å². The predicted octanol–water partition coefficient (Wildman–Crippen LogP) is 1.77. The number of nitrogens with one attached hydrogen (secondary N) is 1. The molecule has 1 aliphatic heterocycles. The quantitative estimate of drug-likeness (QED) is 0.227. The minimum Gasteiger partial charge on any atom is -0.506 e. The molecule has 0 aliphatic carbocycles. The number of halogens is 1. The van der Waals surface area contributed by atoms with Crippen molar-refractivity contribution < 1.29 is 13.5 Å². The third-order valence-corrected chi connectivity index (χ3v) is 6.16. The molecule has 1 saturated heterocycles. The highest BCUT2D eigenvalue weighted by Crippen LogP contribution is 2.27. The number of anilines is 1. The molecule has 0 saturated carbocycles. The molecule has 1 aromatic carbocycles. The van der Waals surface area contributed by atoms with E-state index >= 15 is 0 Å². The number of guanidine groups is 1. The van der Waals surface area contributed by atoms with Crippen molar-refractivity contribution in [3.05, 3.63) is 24.3 Å². The highest BCUT2D eigenvalue weighted by atomic mass is 127. The molecule has 0 unspecified atom stereocenters. The molecule has 29 heavy (non-hydrogen) atoms. The number of sulfonamides is 1. The van der Waals surface area contributed by atoms with E-state index in [1.807, 2.05) is 32.0 Å². The van der Waals surface area contributed by atoms with Crippen LogP contribution in [0.15, 0.2) is 29.3 Å². The zero-order chi connectivity index (χ0) is 20.6. The number of para-hydroxylation sites is 2. The number of hydrogen-bond donors (Lipinski definition) is 2. The number of benzene rings is 1. The number of phenolic OH excluding ortho intramolecular Hbond substituents is 1. The Kier molecular flexibility index (Phi) is 11.0. The van der Waals surface area contributed by atoms with E-state index in [1.165, 1.54) is 10.6 Å². The Morgan fingerprint density at radius 2 is 1.86 bits per heavy atom. The summed E-state index contributed by atoms with van der Waals surface area (Å²) in [7, 11) is -3.15. The molecule has 0 radical (unpaired) electrons. The molecule has 0 atom stereocenters. The standard InChI is InChI=1S/C19H33N5O3S.HI/c1-4-20-19(21-11-8-12-24(5-2)28(3,26)27)23-15-13-22(14-16-23)17-9-6-7-10-18(17)25;/h6-7,9-10,25H,4-5,8,11-16H2,1-3H3,(H,20,21);1H. The molecule has 1 aliphatic rings. The van der Waals surface area contributed by atoms with Gasteiger partial charge in [-0.3, -0.25) is 4.99 Å². The van der Waals surface area contributed by atoms with Gasteiger partial charge in [-0.05, 0) is 25.5 Å². The van der Waals surface area contributed by atoms with Crippen LogP contribution in [0.25, 0.3) is 0 Å². The Balaban J connectivity index is 0.00000420. The number of aromatic hydroxyl groups is 1. The van der Waals surface area contributed by atoms with Crippen molar-refractivity contribution in [2.45, 2.75) is 20.3 Å². The van der Waals surface area contributed by atoms with Crippen LogP contribution in [0.2, 0.25) is 0 Å². The van der Waals surface area contributed by atoms with Crippen LogP contribution in [-0.2, 0) is 10.0 Å². The van der Waals surface area contributed by atoms with Crippen molar-refractivity contribution >= 4 is 45.6 Å². The highest BCUT2D eigenvalue weighted by molar-refractivity contribution is 14.0. The van der Waals surface area contributed by atoms with Gasteiger partial charge in [-0.1, -0.05) is 19.1 Å². The van der Waals surface area contributed by atoms with Crippen molar-refractivity contribution in [2.75, 3.05) is 63.5 Å². The molecule has 0 bridgehead atoms. The number of piperazine rings is 1. The van der Waals surface area contributed by atoms with E-state index in [1.54, 1.807) is 6.07 Å². The molecule has 0 amide bonds. The lowest BCUT2D eigenvalue weighted by Crippen LogP contribution is -2.52. The van der Waals surface area contributed by atoms with Crippen molar-refractivity contribution in [3.63, 3.8) is 0 Å². The summed E-state index contributed by atoms with van der Waals surface area (Å²) in [6.45, 7) is 9.44. The van der Waals surface area contributed by atoms with Gasteiger partial charge in [0.05, 0.1) is 11.9 Å². The van der Waals surface area contributed by atoms with Gasteiger partial charge in [-0.2, -0.15) is 0 Å². The van der Waals surface area contributed by atoms with Gasteiger partial charge in [-0.25, -0.2) is 12.7 Å². The molecule has 0 aromatic heterocycles. The first kappa shape index (κ1) is 25.8. The first-order valence-electron chi connectivity index (χ1n) is 9.88. The summed E-state index contributed by atoms with van der Waals surface area (Å²) < 4.78 is 24.8. The van der Waals surface area contributed by atoms with Crippen LogP contribution in [-0.4, -0.2) is 87.3 Å². The van der Waals surface area contributed by atoms with Crippen LogP contribution in [0.4, 0.5) is 5.69 Å². The fourth-order valence-electron chi connectivity index (χ4n) is 3.31. The third kappa shape index (κ3) is 7.82. The monoisotopic (exact) mass is 539 g/mol. The van der Waals surface area contributed by atoms with Gasteiger partial charge in [-0.15, -0.1) is 24.0 Å². The summed E-state index contributed by atoms with van der Waals surface area (Å²) in [5.74, 6) is 1.17. The van der Waals surface area contributed by atoms with E-state index in [2.05, 4.69) is 20.1 Å². The third-order valence-electron chi connectivity index (χ3n) is 4.79. The number of phenols is 1. The van der Waals surface area contributed by atoms with E-state index in [0.717, 1.165) is 44.4 Å². The van der Waals surface area contributed by atoms with Crippen molar-refractivity contribution in [1.29, 1.82) is 0 Å². The van der Waals surface area contributed by atoms with Gasteiger partial charge in [0.2, 0.25) is 10.0 Å². The topological polar surface area (TPSA) is 88.5 Å². The molecule has 1 fully saturated rings. The Labute approximate surface area is 192 Å². The second-order valence-corrected chi connectivity index (χ2v) is 8.79. The molecule has 2 rings (SSSR count). The summed E-state index contributed by atoms with van der Waals surface area (Å²) in [5, 5.41) is 13.4. The summed E-state index contributed by atoms with van der Waals surface area (Å²) in [6, 6.07) is 7.41. The maximum atomic E-state index is 11.7. The maximum absolute atomic E-state index is 11.7. The normalized spacial score (nSPS) is 15.4. The maximum Gasteiger partial charge on any atom is 0.211 e. The first-order chi connectivity index (χ1) is 13.4. The predicted molar refractivity (Wildman–Crippen MR) is 130 cm³/mol. The molecule has 2 N–H and O–H groups in total. The van der Waals surface area contributed by atoms with Crippen molar-refractivity contribution in [3.8, 4) is 5.75 Å². The largest absolute Gasteiger partial charge is 0.506 e. The lowest BCUT2D eigenvalue weighted by atomic mass is 10.2. The zero-order valence-corrected chi connectivity index (χ0v) is 20.7. The Bertz CT molecular complexity index is 752. The number of hydrogen-bond acceptors (Lipinski definition) is 5. The summed E-state index contributed by atoms with van der Waals surface area (Å²) in [5.41, 5.74) is 0.865. The van der Waals surface area contributed by atoms with E-state index in [-0.39, 0.29) is 24.0 Å². The minimum atomic E-state index is -3.15. The summed E-state index contributed by atoms with van der Waals surface area (Å²) >= 11 is 0. The lowest BCUT2D eigenvalue weighted by molar-refractivity contribution is 0.369. The summed E-state index contributed by atoms with van der Waals surface area (Å²) in [6.07, 6.45) is 1.93. The molecular weight excluding hydrogens is 505 g/mol. The van der Waals surface area contributed by atoms with E-state index in [0.29, 0.717) is 31.8 Å². The average Bonchev–Trinajstić information content (AvgIpc) is 2.67. The van der Waals surface area contributed by atoms with Crippen molar-refractivity contribution in [2.24, 2.45) is 4.99 Å². The second kappa shape index (κ2) is 12.4. The van der Waals surface area contributed by atoms with Gasteiger partial charge in [0.15, 0.2) is 5.96 Å². The molecule has 1 heterocycles. The van der Waals surface area contributed by atoms with Gasteiger partial charge in [0.1, 0.15) is 5.75 Å². The Hall–Kier alpha value is -1.27. The van der Waals surface area contributed by atoms with Crippen LogP contribution < -0.4 is 10.2 Å². The van der Waals surface area contributed by atoms with Gasteiger partial charge in [0, 0.05) is 52.4 Å². The van der Waals surface area contributed by atoms with Crippen LogP contribution in [0, 0.1) is 0 Å². The fourth-order valence-corrected chi connectivity index (χ4v) is 4.24. The van der Waals surface area contributed by atoms with Crippen LogP contribution in [0.3, 0.4) is 0 Å². The minimum absolute atomic E-state index is 0. The van der Waals surface area contributed by atoms with E-state index in [4.69, 9.17) is 0 Å². The zero-order valence-electron chi connectivity index (χ0n) is 17.5. The molecule has 10 heteroatoms. The SMILES string of the molecule is CCNC(=NCCCN(CC)S(C)(=O)=O)N1CCN(c2ccccc2O)CC1.I. The number of rotatable bonds is 8. The summed E-state index contributed by atoms with van der Waals surface area (Å²) in [4.78, 5) is 9.08. The lowest BCUT2D eigenvalue weighted by Gasteiger charge is -2.37. The smallest absolute Gasteiger partial charge is 0.211 e. The molecular formula is C19H34IN5O3S. The first-order valence-corrected chi connectivity index (χ1v) is 11.7. The number of nitrogens with zero attached hydrogens (tertiary/aromatic N) is 4. The molecule has 0 spiro atoms. The van der Waals surface area contributed by atoms with Crippen LogP contribution in [0.1, 0.15) is 20.3 Å². The molecule has 1 aromatic rings. The van der Waals surface area contributed by atoms with Crippen LogP contribution >= 0.6 is 24.0 Å². The molecule has 8 nitrogen and oxygen atoms in total.